The number of methoxy groups -OCH3 is 1. The molecular weight excluding hydrogens is 246 g/mol. The number of ether oxygens (including phenoxy) is 2. The summed E-state index contributed by atoms with van der Waals surface area (Å²) in [4.78, 5) is 22.9. The largest absolute Gasteiger partial charge is 0.469 e. The zero-order valence-corrected chi connectivity index (χ0v) is 12.9. The maximum Gasteiger partial charge on any atom is 0.407 e. The Morgan fingerprint density at radius 3 is 2.21 bits per heavy atom. The fourth-order valence-electron chi connectivity index (χ4n) is 1.77. The minimum atomic E-state index is -0.514. The lowest BCUT2D eigenvalue weighted by atomic mass is 9.94. The molecule has 0 aromatic heterocycles. The van der Waals surface area contributed by atoms with Crippen molar-refractivity contribution in [2.75, 3.05) is 13.7 Å². The second-order valence-electron chi connectivity index (χ2n) is 6.16. The highest BCUT2D eigenvalue weighted by Crippen LogP contribution is 2.15. The molecule has 1 amide bonds. The van der Waals surface area contributed by atoms with E-state index < -0.39 is 11.7 Å². The van der Waals surface area contributed by atoms with E-state index in [1.165, 1.54) is 7.11 Å². The molecule has 112 valence electrons. The standard InChI is InChI=1S/C14H27NO4/c1-10(2)7-11(8-12(16)18-6)9-15-13(17)19-14(3,4)5/h10-11H,7-9H2,1-6H3,(H,15,17). The lowest BCUT2D eigenvalue weighted by molar-refractivity contribution is -0.141. The minimum Gasteiger partial charge on any atom is -0.469 e. The number of rotatable bonds is 6. The van der Waals surface area contributed by atoms with Crippen molar-refractivity contribution in [2.45, 2.75) is 53.1 Å². The Bertz CT molecular complexity index is 294. The van der Waals surface area contributed by atoms with E-state index in [-0.39, 0.29) is 11.9 Å². The van der Waals surface area contributed by atoms with Crippen LogP contribution >= 0.6 is 0 Å². The Morgan fingerprint density at radius 2 is 1.79 bits per heavy atom. The first-order valence-corrected chi connectivity index (χ1v) is 6.67. The maximum atomic E-state index is 11.6. The number of amides is 1. The van der Waals surface area contributed by atoms with E-state index in [2.05, 4.69) is 23.9 Å². The first kappa shape index (κ1) is 17.7. The average molecular weight is 273 g/mol. The van der Waals surface area contributed by atoms with Crippen LogP contribution in [0, 0.1) is 11.8 Å². The number of nitrogens with one attached hydrogen (secondary N) is 1. The van der Waals surface area contributed by atoms with Gasteiger partial charge in [0.2, 0.25) is 0 Å². The highest BCUT2D eigenvalue weighted by molar-refractivity contribution is 5.70. The van der Waals surface area contributed by atoms with Gasteiger partial charge in [-0.2, -0.15) is 0 Å². The topological polar surface area (TPSA) is 64.6 Å². The van der Waals surface area contributed by atoms with Crippen molar-refractivity contribution in [3.05, 3.63) is 0 Å². The van der Waals surface area contributed by atoms with E-state index in [1.54, 1.807) is 0 Å². The van der Waals surface area contributed by atoms with Gasteiger partial charge in [-0.05, 0) is 39.0 Å². The molecule has 0 fully saturated rings. The van der Waals surface area contributed by atoms with Crippen molar-refractivity contribution in [1.29, 1.82) is 0 Å². The highest BCUT2D eigenvalue weighted by Gasteiger charge is 2.20. The summed E-state index contributed by atoms with van der Waals surface area (Å²) >= 11 is 0. The molecule has 19 heavy (non-hydrogen) atoms. The van der Waals surface area contributed by atoms with Gasteiger partial charge in [-0.1, -0.05) is 13.8 Å². The second kappa shape index (κ2) is 8.02. The van der Waals surface area contributed by atoms with E-state index in [0.717, 1.165) is 6.42 Å². The molecule has 0 aliphatic carbocycles. The molecule has 1 N–H and O–H groups in total. The first-order chi connectivity index (χ1) is 8.64. The van der Waals surface area contributed by atoms with Crippen molar-refractivity contribution in [1.82, 2.24) is 5.32 Å². The third-order valence-corrected chi connectivity index (χ3v) is 2.42. The van der Waals surface area contributed by atoms with Gasteiger partial charge < -0.3 is 14.8 Å². The number of carbonyl (C=O) groups is 2. The number of carbonyl (C=O) groups excluding carboxylic acids is 2. The maximum absolute atomic E-state index is 11.6. The Morgan fingerprint density at radius 1 is 1.21 bits per heavy atom. The van der Waals surface area contributed by atoms with Crippen LogP contribution in [0.25, 0.3) is 0 Å². The normalized spacial score (nSPS) is 13.0. The summed E-state index contributed by atoms with van der Waals surface area (Å²) in [6.45, 7) is 10.0. The average Bonchev–Trinajstić information content (AvgIpc) is 2.22. The van der Waals surface area contributed by atoms with Crippen LogP contribution in [0.2, 0.25) is 0 Å². The molecule has 0 heterocycles. The summed E-state index contributed by atoms with van der Waals surface area (Å²) in [5.41, 5.74) is -0.514. The molecule has 0 radical (unpaired) electrons. The van der Waals surface area contributed by atoms with E-state index in [1.807, 2.05) is 20.8 Å². The predicted octanol–water partition coefficient (Wildman–Crippen LogP) is 2.74. The summed E-state index contributed by atoms with van der Waals surface area (Å²) in [5.74, 6) is 0.270. The van der Waals surface area contributed by atoms with Crippen molar-refractivity contribution in [3.8, 4) is 0 Å². The summed E-state index contributed by atoms with van der Waals surface area (Å²) < 4.78 is 9.82. The van der Waals surface area contributed by atoms with E-state index in [0.29, 0.717) is 18.9 Å². The molecule has 5 heteroatoms. The number of hydrogen-bond donors (Lipinski definition) is 1. The van der Waals surface area contributed by atoms with Gasteiger partial charge in [0, 0.05) is 6.54 Å². The van der Waals surface area contributed by atoms with Crippen LogP contribution in [-0.2, 0) is 14.3 Å². The monoisotopic (exact) mass is 273 g/mol. The molecule has 1 unspecified atom stereocenters. The van der Waals surface area contributed by atoms with Crippen LogP contribution in [0.5, 0.6) is 0 Å². The van der Waals surface area contributed by atoms with E-state index in [9.17, 15) is 9.59 Å². The molecule has 0 spiro atoms. The van der Waals surface area contributed by atoms with Crippen molar-refractivity contribution in [2.24, 2.45) is 11.8 Å². The van der Waals surface area contributed by atoms with Crippen molar-refractivity contribution < 1.29 is 19.1 Å². The van der Waals surface area contributed by atoms with Crippen LogP contribution in [-0.4, -0.2) is 31.3 Å². The zero-order valence-electron chi connectivity index (χ0n) is 12.9. The van der Waals surface area contributed by atoms with Gasteiger partial charge in [-0.15, -0.1) is 0 Å². The van der Waals surface area contributed by atoms with Crippen molar-refractivity contribution in [3.63, 3.8) is 0 Å². The molecular formula is C14H27NO4. The van der Waals surface area contributed by atoms with Gasteiger partial charge in [-0.3, -0.25) is 4.79 Å². The zero-order chi connectivity index (χ0) is 15.1. The second-order valence-corrected chi connectivity index (χ2v) is 6.16. The lowest BCUT2D eigenvalue weighted by Gasteiger charge is -2.22. The summed E-state index contributed by atoms with van der Waals surface area (Å²) in [6.07, 6.45) is 0.709. The van der Waals surface area contributed by atoms with Gasteiger partial charge >= 0.3 is 12.1 Å². The molecule has 1 atom stereocenters. The van der Waals surface area contributed by atoms with Gasteiger partial charge in [0.25, 0.3) is 0 Å². The van der Waals surface area contributed by atoms with Gasteiger partial charge in [0.15, 0.2) is 0 Å². The van der Waals surface area contributed by atoms with Crippen LogP contribution < -0.4 is 5.32 Å². The Kier molecular flexibility index (Phi) is 7.49. The Balaban J connectivity index is 4.25. The highest BCUT2D eigenvalue weighted by atomic mass is 16.6. The SMILES string of the molecule is COC(=O)CC(CNC(=O)OC(C)(C)C)CC(C)C. The number of esters is 1. The van der Waals surface area contributed by atoms with Gasteiger partial charge in [0.1, 0.15) is 5.60 Å². The van der Waals surface area contributed by atoms with Crippen molar-refractivity contribution >= 4 is 12.1 Å². The Hall–Kier alpha value is -1.26. The summed E-state index contributed by atoms with van der Waals surface area (Å²) in [5, 5.41) is 2.71. The van der Waals surface area contributed by atoms with Gasteiger partial charge in [-0.25, -0.2) is 4.79 Å². The van der Waals surface area contributed by atoms with Crippen LogP contribution in [0.15, 0.2) is 0 Å². The third-order valence-electron chi connectivity index (χ3n) is 2.42. The van der Waals surface area contributed by atoms with E-state index >= 15 is 0 Å². The predicted molar refractivity (Wildman–Crippen MR) is 73.8 cm³/mol. The molecule has 0 saturated carbocycles. The van der Waals surface area contributed by atoms with E-state index in [4.69, 9.17) is 4.74 Å². The molecule has 0 rings (SSSR count). The Labute approximate surface area is 116 Å². The molecule has 0 aliphatic rings. The number of alkyl carbamates (subject to hydrolysis) is 1. The smallest absolute Gasteiger partial charge is 0.407 e. The first-order valence-electron chi connectivity index (χ1n) is 6.67. The summed E-state index contributed by atoms with van der Waals surface area (Å²) in [6, 6.07) is 0. The molecule has 0 aromatic rings. The molecule has 5 nitrogen and oxygen atoms in total. The minimum absolute atomic E-state index is 0.0694. The third kappa shape index (κ3) is 10.4. The summed E-state index contributed by atoms with van der Waals surface area (Å²) in [7, 11) is 1.37. The quantitative estimate of drug-likeness (QED) is 0.756. The van der Waals surface area contributed by atoms with Crippen LogP contribution in [0.4, 0.5) is 4.79 Å². The van der Waals surface area contributed by atoms with Crippen LogP contribution in [0.3, 0.4) is 0 Å². The van der Waals surface area contributed by atoms with Gasteiger partial charge in [0.05, 0.1) is 13.5 Å². The lowest BCUT2D eigenvalue weighted by Crippen LogP contribution is -2.36. The molecule has 0 aromatic carbocycles. The molecule has 0 bridgehead atoms. The molecule has 0 saturated heterocycles. The fraction of sp³-hybridized carbons (Fsp3) is 0.857. The van der Waals surface area contributed by atoms with Crippen LogP contribution in [0.1, 0.15) is 47.5 Å². The number of hydrogen-bond acceptors (Lipinski definition) is 4. The molecule has 0 aliphatic heterocycles. The fourth-order valence-corrected chi connectivity index (χ4v) is 1.77.